The summed E-state index contributed by atoms with van der Waals surface area (Å²) in [4.78, 5) is 47.7. The van der Waals surface area contributed by atoms with Crippen LogP contribution in [-0.2, 0) is 36.9 Å². The maximum absolute atomic E-state index is 12.7. The minimum absolute atomic E-state index is 0.00885. The van der Waals surface area contributed by atoms with Crippen molar-refractivity contribution in [2.75, 3.05) is 0 Å². The summed E-state index contributed by atoms with van der Waals surface area (Å²) in [6.07, 6.45) is -0.888. The summed E-state index contributed by atoms with van der Waals surface area (Å²) in [6, 6.07) is 13.1. The zero-order valence-corrected chi connectivity index (χ0v) is 16.6. The van der Waals surface area contributed by atoms with Gasteiger partial charge in [-0.2, -0.15) is 0 Å². The fourth-order valence-corrected chi connectivity index (χ4v) is 2.79. The number of phenols is 1. The van der Waals surface area contributed by atoms with Crippen molar-refractivity contribution in [1.29, 1.82) is 0 Å². The Morgan fingerprint density at radius 1 is 0.903 bits per heavy atom. The highest BCUT2D eigenvalue weighted by Crippen LogP contribution is 2.15. The normalized spacial score (nSPS) is 12.4. The summed E-state index contributed by atoms with van der Waals surface area (Å²) >= 11 is 0. The van der Waals surface area contributed by atoms with E-state index in [1.807, 2.05) is 0 Å². The zero-order valence-electron chi connectivity index (χ0n) is 16.6. The van der Waals surface area contributed by atoms with Crippen LogP contribution >= 0.6 is 0 Å². The molecule has 2 aromatic rings. The first-order chi connectivity index (χ1) is 14.8. The molecule has 0 aliphatic heterocycles. The Labute approximate surface area is 178 Å². The van der Waals surface area contributed by atoms with Gasteiger partial charge in [0, 0.05) is 12.8 Å². The van der Waals surface area contributed by atoms with E-state index in [1.54, 1.807) is 30.3 Å². The molecule has 0 heterocycles. The van der Waals surface area contributed by atoms with Crippen LogP contribution in [0.15, 0.2) is 54.6 Å². The number of benzene rings is 2. The second-order valence-electron chi connectivity index (χ2n) is 6.85. The van der Waals surface area contributed by atoms with Crippen molar-refractivity contribution >= 4 is 23.8 Å². The zero-order chi connectivity index (χ0) is 22.8. The Morgan fingerprint density at radius 2 is 1.55 bits per heavy atom. The third-order valence-electron chi connectivity index (χ3n) is 4.46. The molecule has 0 fully saturated rings. The topological polar surface area (TPSA) is 150 Å². The second kappa shape index (κ2) is 11.3. The molecule has 2 rings (SSSR count). The molecule has 0 bridgehead atoms. The molecule has 0 spiro atoms. The van der Waals surface area contributed by atoms with Crippen LogP contribution in [0.3, 0.4) is 0 Å². The van der Waals surface area contributed by atoms with Gasteiger partial charge in [0.2, 0.25) is 5.91 Å². The molecule has 1 amide bonds. The lowest BCUT2D eigenvalue weighted by molar-refractivity contribution is -0.155. The summed E-state index contributed by atoms with van der Waals surface area (Å²) in [5.74, 6) is -5.85. The fraction of sp³-hybridized carbons (Fsp3) is 0.273. The SMILES string of the molecule is O=C(O)CC[C@H](C(=O)N[C@@H](Cc1ccc(O)cc1)C(=O)O)C(=O)OCc1ccccc1. The average molecular weight is 429 g/mol. The van der Waals surface area contributed by atoms with Gasteiger partial charge in [-0.15, -0.1) is 0 Å². The minimum atomic E-state index is -1.47. The lowest BCUT2D eigenvalue weighted by Gasteiger charge is -2.19. The van der Waals surface area contributed by atoms with Gasteiger partial charge in [-0.25, -0.2) is 4.79 Å². The van der Waals surface area contributed by atoms with Gasteiger partial charge in [0.05, 0.1) is 0 Å². The first-order valence-corrected chi connectivity index (χ1v) is 9.49. The van der Waals surface area contributed by atoms with Gasteiger partial charge < -0.3 is 25.4 Å². The molecule has 4 N–H and O–H groups in total. The van der Waals surface area contributed by atoms with E-state index in [-0.39, 0.29) is 25.2 Å². The van der Waals surface area contributed by atoms with Gasteiger partial charge in [0.15, 0.2) is 0 Å². The van der Waals surface area contributed by atoms with E-state index in [4.69, 9.17) is 9.84 Å². The van der Waals surface area contributed by atoms with Crippen molar-refractivity contribution < 1.29 is 39.2 Å². The summed E-state index contributed by atoms with van der Waals surface area (Å²) in [7, 11) is 0. The van der Waals surface area contributed by atoms with Crippen LogP contribution < -0.4 is 5.32 Å². The number of aromatic hydroxyl groups is 1. The van der Waals surface area contributed by atoms with E-state index in [0.29, 0.717) is 11.1 Å². The first kappa shape index (κ1) is 23.4. The van der Waals surface area contributed by atoms with E-state index in [0.717, 1.165) is 0 Å². The number of ether oxygens (including phenoxy) is 1. The van der Waals surface area contributed by atoms with E-state index in [2.05, 4.69) is 5.32 Å². The van der Waals surface area contributed by atoms with E-state index < -0.39 is 42.2 Å². The Balaban J connectivity index is 2.08. The molecule has 0 aliphatic carbocycles. The van der Waals surface area contributed by atoms with Crippen molar-refractivity contribution in [2.24, 2.45) is 5.92 Å². The molecule has 0 aromatic heterocycles. The number of phenolic OH excluding ortho intramolecular Hbond substituents is 1. The van der Waals surface area contributed by atoms with Crippen LogP contribution in [0.5, 0.6) is 5.75 Å². The number of nitrogens with one attached hydrogen (secondary N) is 1. The third-order valence-corrected chi connectivity index (χ3v) is 4.46. The maximum Gasteiger partial charge on any atom is 0.326 e. The van der Waals surface area contributed by atoms with Crippen LogP contribution in [0, 0.1) is 5.92 Å². The number of hydrogen-bond acceptors (Lipinski definition) is 6. The van der Waals surface area contributed by atoms with Crippen LogP contribution in [0.25, 0.3) is 0 Å². The van der Waals surface area contributed by atoms with Crippen LogP contribution in [0.4, 0.5) is 0 Å². The molecule has 2 aromatic carbocycles. The molecule has 9 nitrogen and oxygen atoms in total. The molecule has 2 atom stereocenters. The lowest BCUT2D eigenvalue weighted by atomic mass is 10.00. The van der Waals surface area contributed by atoms with Gasteiger partial charge in [0.1, 0.15) is 24.3 Å². The number of rotatable bonds is 11. The molecule has 0 saturated heterocycles. The summed E-state index contributed by atoms with van der Waals surface area (Å²) in [5, 5.41) is 30.0. The number of amides is 1. The number of carbonyl (C=O) groups excluding carboxylic acids is 2. The second-order valence-corrected chi connectivity index (χ2v) is 6.85. The molecule has 0 saturated carbocycles. The van der Waals surface area contributed by atoms with Crippen molar-refractivity contribution in [1.82, 2.24) is 5.32 Å². The smallest absolute Gasteiger partial charge is 0.326 e. The molecular weight excluding hydrogens is 406 g/mol. The Bertz CT molecular complexity index is 911. The predicted molar refractivity (Wildman–Crippen MR) is 108 cm³/mol. The third kappa shape index (κ3) is 7.81. The molecule has 0 unspecified atom stereocenters. The van der Waals surface area contributed by atoms with Crippen molar-refractivity contribution in [3.63, 3.8) is 0 Å². The molecule has 0 radical (unpaired) electrons. The van der Waals surface area contributed by atoms with Crippen molar-refractivity contribution in [2.45, 2.75) is 31.9 Å². The van der Waals surface area contributed by atoms with E-state index in [1.165, 1.54) is 24.3 Å². The largest absolute Gasteiger partial charge is 0.508 e. The molecular formula is C22H23NO8. The number of carboxylic acid groups (broad SMARTS) is 2. The van der Waals surface area contributed by atoms with Gasteiger partial charge in [-0.3, -0.25) is 14.4 Å². The van der Waals surface area contributed by atoms with Crippen LogP contribution in [0.1, 0.15) is 24.0 Å². The van der Waals surface area contributed by atoms with Gasteiger partial charge in [-0.1, -0.05) is 42.5 Å². The molecule has 164 valence electrons. The highest BCUT2D eigenvalue weighted by molar-refractivity contribution is 5.99. The summed E-state index contributed by atoms with van der Waals surface area (Å²) in [6.45, 7) is -0.105. The summed E-state index contributed by atoms with van der Waals surface area (Å²) < 4.78 is 5.15. The fourth-order valence-electron chi connectivity index (χ4n) is 2.79. The highest BCUT2D eigenvalue weighted by atomic mass is 16.5. The lowest BCUT2D eigenvalue weighted by Crippen LogP contribution is -2.47. The van der Waals surface area contributed by atoms with Crippen LogP contribution in [0.2, 0.25) is 0 Å². The summed E-state index contributed by atoms with van der Waals surface area (Å²) in [5.41, 5.74) is 1.23. The van der Waals surface area contributed by atoms with E-state index >= 15 is 0 Å². The maximum atomic E-state index is 12.7. The number of carboxylic acids is 2. The van der Waals surface area contributed by atoms with Crippen molar-refractivity contribution in [3.05, 3.63) is 65.7 Å². The molecule has 0 aliphatic rings. The van der Waals surface area contributed by atoms with Crippen LogP contribution in [-0.4, -0.2) is 45.2 Å². The Morgan fingerprint density at radius 3 is 2.13 bits per heavy atom. The first-order valence-electron chi connectivity index (χ1n) is 9.49. The predicted octanol–water partition coefficient (Wildman–Crippen LogP) is 1.73. The number of aliphatic carboxylic acids is 2. The Hall–Kier alpha value is -3.88. The van der Waals surface area contributed by atoms with Crippen molar-refractivity contribution in [3.8, 4) is 5.75 Å². The monoisotopic (exact) mass is 429 g/mol. The highest BCUT2D eigenvalue weighted by Gasteiger charge is 2.32. The minimum Gasteiger partial charge on any atom is -0.508 e. The molecule has 31 heavy (non-hydrogen) atoms. The quantitative estimate of drug-likeness (QED) is 0.311. The molecule has 9 heteroatoms. The van der Waals surface area contributed by atoms with E-state index in [9.17, 15) is 29.4 Å². The number of hydrogen-bond donors (Lipinski definition) is 4. The Kier molecular flexibility index (Phi) is 8.56. The standard InChI is InChI=1S/C22H23NO8/c24-16-8-6-14(7-9-16)12-18(21(28)29)23-20(27)17(10-11-19(25)26)22(30)31-13-15-4-2-1-3-5-15/h1-9,17-18,24H,10-13H2,(H,23,27)(H,25,26)(H,28,29)/t17-,18+/m1/s1. The van der Waals surface area contributed by atoms with Gasteiger partial charge in [0.25, 0.3) is 0 Å². The number of carbonyl (C=O) groups is 4. The van der Waals surface area contributed by atoms with Gasteiger partial charge >= 0.3 is 17.9 Å². The average Bonchev–Trinajstić information content (AvgIpc) is 2.73. The number of esters is 1. The van der Waals surface area contributed by atoms with Gasteiger partial charge in [-0.05, 0) is 29.7 Å².